The first-order chi connectivity index (χ1) is 10.1. The van der Waals surface area contributed by atoms with Crippen molar-refractivity contribution in [3.05, 3.63) is 58.9 Å². The third-order valence-electron chi connectivity index (χ3n) is 3.83. The van der Waals surface area contributed by atoms with Crippen molar-refractivity contribution in [2.75, 3.05) is 11.4 Å². The predicted octanol–water partition coefficient (Wildman–Crippen LogP) is 3.92. The van der Waals surface area contributed by atoms with Crippen LogP contribution >= 0.6 is 0 Å². The van der Waals surface area contributed by atoms with Crippen molar-refractivity contribution in [1.29, 1.82) is 0 Å². The van der Waals surface area contributed by atoms with E-state index in [-0.39, 0.29) is 5.56 Å². The van der Waals surface area contributed by atoms with Gasteiger partial charge in [0.15, 0.2) is 0 Å². The van der Waals surface area contributed by atoms with Gasteiger partial charge in [-0.05, 0) is 49.6 Å². The third kappa shape index (κ3) is 2.49. The number of halogens is 1. The zero-order valence-corrected chi connectivity index (χ0v) is 11.8. The Bertz CT molecular complexity index is 712. The minimum absolute atomic E-state index is 0.00317. The van der Waals surface area contributed by atoms with E-state index in [0.29, 0.717) is 5.69 Å². The highest BCUT2D eigenvalue weighted by molar-refractivity contribution is 5.96. The fraction of sp³-hybridized carbons (Fsp3) is 0.235. The van der Waals surface area contributed by atoms with Gasteiger partial charge in [0.2, 0.25) is 0 Å². The maximum Gasteiger partial charge on any atom is 0.337 e. The molecule has 0 atom stereocenters. The minimum atomic E-state index is -1.11. The van der Waals surface area contributed by atoms with Crippen LogP contribution in [0.4, 0.5) is 15.8 Å². The standard InChI is InChI=1S/C17H16FNO2/c1-11-4-6-15-12(9-11)3-2-8-19(15)16-7-5-13(18)10-14(16)17(20)21/h4-7,9-10H,2-3,8H2,1H3,(H,20,21). The minimum Gasteiger partial charge on any atom is -0.478 e. The van der Waals surface area contributed by atoms with Crippen LogP contribution in [0.25, 0.3) is 0 Å². The molecule has 4 heteroatoms. The van der Waals surface area contributed by atoms with Crippen LogP contribution in [0.2, 0.25) is 0 Å². The normalized spacial score (nSPS) is 13.9. The average molecular weight is 285 g/mol. The van der Waals surface area contributed by atoms with Crippen LogP contribution in [0.3, 0.4) is 0 Å². The van der Waals surface area contributed by atoms with Crippen LogP contribution in [0, 0.1) is 12.7 Å². The molecule has 0 fully saturated rings. The first kappa shape index (κ1) is 13.6. The second-order valence-electron chi connectivity index (χ2n) is 5.35. The van der Waals surface area contributed by atoms with Crippen molar-refractivity contribution >= 4 is 17.3 Å². The fourth-order valence-corrected chi connectivity index (χ4v) is 2.89. The highest BCUT2D eigenvalue weighted by Crippen LogP contribution is 2.36. The number of rotatable bonds is 2. The van der Waals surface area contributed by atoms with Crippen molar-refractivity contribution in [2.45, 2.75) is 19.8 Å². The van der Waals surface area contributed by atoms with Gasteiger partial charge in [0.25, 0.3) is 0 Å². The summed E-state index contributed by atoms with van der Waals surface area (Å²) < 4.78 is 13.3. The maximum absolute atomic E-state index is 13.3. The van der Waals surface area contributed by atoms with Gasteiger partial charge in [0.1, 0.15) is 5.82 Å². The van der Waals surface area contributed by atoms with Gasteiger partial charge in [-0.25, -0.2) is 9.18 Å². The molecule has 3 nitrogen and oxygen atoms in total. The summed E-state index contributed by atoms with van der Waals surface area (Å²) in [5.74, 6) is -1.64. The molecule has 0 radical (unpaired) electrons. The molecule has 3 rings (SSSR count). The van der Waals surface area contributed by atoms with Gasteiger partial charge in [-0.2, -0.15) is 0 Å². The van der Waals surface area contributed by atoms with Gasteiger partial charge in [-0.1, -0.05) is 17.7 Å². The van der Waals surface area contributed by atoms with E-state index in [4.69, 9.17) is 0 Å². The number of carboxylic acids is 1. The highest BCUT2D eigenvalue weighted by Gasteiger charge is 2.23. The molecular weight excluding hydrogens is 269 g/mol. The lowest BCUT2D eigenvalue weighted by atomic mass is 9.98. The van der Waals surface area contributed by atoms with Crippen molar-refractivity contribution in [2.24, 2.45) is 0 Å². The molecule has 0 aliphatic carbocycles. The van der Waals surface area contributed by atoms with E-state index in [1.54, 1.807) is 6.07 Å². The molecule has 0 unspecified atom stereocenters. The molecule has 0 bridgehead atoms. The van der Waals surface area contributed by atoms with Crippen molar-refractivity contribution in [3.63, 3.8) is 0 Å². The molecule has 0 amide bonds. The average Bonchev–Trinajstić information content (AvgIpc) is 2.46. The number of anilines is 2. The number of nitrogens with zero attached hydrogens (tertiary/aromatic N) is 1. The number of aryl methyl sites for hydroxylation is 2. The SMILES string of the molecule is Cc1ccc2c(c1)CCCN2c1ccc(F)cc1C(=O)O. The van der Waals surface area contributed by atoms with Crippen LogP contribution in [0.1, 0.15) is 27.9 Å². The smallest absolute Gasteiger partial charge is 0.337 e. The zero-order valence-electron chi connectivity index (χ0n) is 11.8. The monoisotopic (exact) mass is 285 g/mol. The Hall–Kier alpha value is -2.36. The molecule has 2 aromatic rings. The summed E-state index contributed by atoms with van der Waals surface area (Å²) in [6.07, 6.45) is 1.93. The number of carbonyl (C=O) groups is 1. The third-order valence-corrected chi connectivity index (χ3v) is 3.83. The number of fused-ring (bicyclic) bond motifs is 1. The lowest BCUT2D eigenvalue weighted by Crippen LogP contribution is -2.26. The second kappa shape index (κ2) is 5.20. The van der Waals surface area contributed by atoms with Crippen LogP contribution in [0.5, 0.6) is 0 Å². The van der Waals surface area contributed by atoms with E-state index >= 15 is 0 Å². The quantitative estimate of drug-likeness (QED) is 0.909. The molecule has 21 heavy (non-hydrogen) atoms. The molecule has 0 saturated heterocycles. The maximum atomic E-state index is 13.3. The molecule has 1 aliphatic rings. The van der Waals surface area contributed by atoms with Gasteiger partial charge >= 0.3 is 5.97 Å². The van der Waals surface area contributed by atoms with E-state index in [9.17, 15) is 14.3 Å². The zero-order chi connectivity index (χ0) is 15.0. The number of aromatic carboxylic acids is 1. The molecule has 1 heterocycles. The molecule has 2 aromatic carbocycles. The van der Waals surface area contributed by atoms with E-state index in [0.717, 1.165) is 31.1 Å². The van der Waals surface area contributed by atoms with Crippen LogP contribution in [-0.2, 0) is 6.42 Å². The fourth-order valence-electron chi connectivity index (χ4n) is 2.89. The van der Waals surface area contributed by atoms with Gasteiger partial charge in [0.05, 0.1) is 11.3 Å². The summed E-state index contributed by atoms with van der Waals surface area (Å²) in [7, 11) is 0. The Morgan fingerprint density at radius 1 is 1.19 bits per heavy atom. The van der Waals surface area contributed by atoms with E-state index in [1.807, 2.05) is 24.0 Å². The lowest BCUT2D eigenvalue weighted by Gasteiger charge is -2.32. The van der Waals surface area contributed by atoms with Crippen LogP contribution in [0.15, 0.2) is 36.4 Å². The Morgan fingerprint density at radius 3 is 2.71 bits per heavy atom. The van der Waals surface area contributed by atoms with Gasteiger partial charge in [0, 0.05) is 12.2 Å². The van der Waals surface area contributed by atoms with E-state index < -0.39 is 11.8 Å². The van der Waals surface area contributed by atoms with Crippen molar-refractivity contribution in [1.82, 2.24) is 0 Å². The summed E-state index contributed by atoms with van der Waals surface area (Å²) in [5, 5.41) is 9.32. The number of hydrogen-bond donors (Lipinski definition) is 1. The molecule has 1 aliphatic heterocycles. The Morgan fingerprint density at radius 2 is 1.95 bits per heavy atom. The summed E-state index contributed by atoms with van der Waals surface area (Å²) in [4.78, 5) is 13.4. The second-order valence-corrected chi connectivity index (χ2v) is 5.35. The number of carboxylic acid groups (broad SMARTS) is 1. The van der Waals surface area contributed by atoms with Gasteiger partial charge < -0.3 is 10.0 Å². The predicted molar refractivity (Wildman–Crippen MR) is 79.9 cm³/mol. The Balaban J connectivity index is 2.13. The van der Waals surface area contributed by atoms with Gasteiger partial charge in [-0.3, -0.25) is 0 Å². The molecule has 0 saturated carbocycles. The largest absolute Gasteiger partial charge is 0.478 e. The Kier molecular flexibility index (Phi) is 3.37. The first-order valence-corrected chi connectivity index (χ1v) is 6.96. The summed E-state index contributed by atoms with van der Waals surface area (Å²) >= 11 is 0. The lowest BCUT2D eigenvalue weighted by molar-refractivity contribution is 0.0697. The highest BCUT2D eigenvalue weighted by atomic mass is 19.1. The van der Waals surface area contributed by atoms with Crippen LogP contribution < -0.4 is 4.90 Å². The molecule has 1 N–H and O–H groups in total. The van der Waals surface area contributed by atoms with Crippen molar-refractivity contribution < 1.29 is 14.3 Å². The van der Waals surface area contributed by atoms with E-state index in [1.165, 1.54) is 17.2 Å². The van der Waals surface area contributed by atoms with Gasteiger partial charge in [-0.15, -0.1) is 0 Å². The molecule has 108 valence electrons. The summed E-state index contributed by atoms with van der Waals surface area (Å²) in [6, 6.07) is 10.1. The first-order valence-electron chi connectivity index (χ1n) is 6.96. The molecular formula is C17H16FNO2. The summed E-state index contributed by atoms with van der Waals surface area (Å²) in [6.45, 7) is 2.78. The number of hydrogen-bond acceptors (Lipinski definition) is 2. The summed E-state index contributed by atoms with van der Waals surface area (Å²) in [5.41, 5.74) is 3.97. The van der Waals surface area contributed by atoms with E-state index in [2.05, 4.69) is 6.07 Å². The topological polar surface area (TPSA) is 40.5 Å². The van der Waals surface area contributed by atoms with Crippen LogP contribution in [-0.4, -0.2) is 17.6 Å². The van der Waals surface area contributed by atoms with Crippen molar-refractivity contribution in [3.8, 4) is 0 Å². The Labute approximate surface area is 122 Å². The molecule has 0 spiro atoms. The molecule has 0 aromatic heterocycles. The number of benzene rings is 2.